The van der Waals surface area contributed by atoms with Crippen LogP contribution in [0.5, 0.6) is 0 Å². The van der Waals surface area contributed by atoms with Crippen molar-refractivity contribution >= 4 is 0 Å². The normalized spacial score (nSPS) is 20.5. The summed E-state index contributed by atoms with van der Waals surface area (Å²) >= 11 is 0. The molecule has 0 aliphatic carbocycles. The molecule has 15 heavy (non-hydrogen) atoms. The van der Waals surface area contributed by atoms with Gasteiger partial charge in [-0.3, -0.25) is 9.80 Å². The number of alkyl halides is 2. The lowest BCUT2D eigenvalue weighted by Gasteiger charge is -2.40. The molecule has 0 N–H and O–H groups in total. The third-order valence-corrected chi connectivity index (χ3v) is 2.83. The zero-order valence-electron chi connectivity index (χ0n) is 9.21. The van der Waals surface area contributed by atoms with Crippen molar-refractivity contribution in [3.05, 3.63) is 0 Å². The van der Waals surface area contributed by atoms with E-state index in [0.717, 1.165) is 0 Å². The second-order valence-corrected chi connectivity index (χ2v) is 4.35. The van der Waals surface area contributed by atoms with Gasteiger partial charge in [-0.25, -0.2) is 8.78 Å². The molecule has 1 aliphatic rings. The highest BCUT2D eigenvalue weighted by atomic mass is 19.3. The lowest BCUT2D eigenvalue weighted by atomic mass is 10.0. The number of nitrogens with zero attached hydrogens (tertiary/aromatic N) is 3. The van der Waals surface area contributed by atoms with Crippen LogP contribution in [0.25, 0.3) is 0 Å². The van der Waals surface area contributed by atoms with Crippen LogP contribution < -0.4 is 0 Å². The van der Waals surface area contributed by atoms with E-state index >= 15 is 0 Å². The monoisotopic (exact) mass is 217 g/mol. The van der Waals surface area contributed by atoms with Crippen molar-refractivity contribution in [1.82, 2.24) is 9.80 Å². The zero-order chi connectivity index (χ0) is 11.5. The van der Waals surface area contributed by atoms with Crippen molar-refractivity contribution in [2.24, 2.45) is 0 Å². The van der Waals surface area contributed by atoms with Crippen molar-refractivity contribution in [3.63, 3.8) is 0 Å². The van der Waals surface area contributed by atoms with Crippen LogP contribution in [0.15, 0.2) is 0 Å². The number of nitriles is 1. The summed E-state index contributed by atoms with van der Waals surface area (Å²) < 4.78 is 24.2. The van der Waals surface area contributed by atoms with Gasteiger partial charge in [-0.1, -0.05) is 0 Å². The van der Waals surface area contributed by atoms with E-state index in [1.807, 2.05) is 18.7 Å². The van der Waals surface area contributed by atoms with Crippen molar-refractivity contribution in [2.45, 2.75) is 25.8 Å². The number of piperazine rings is 1. The van der Waals surface area contributed by atoms with Crippen molar-refractivity contribution in [1.29, 1.82) is 5.26 Å². The van der Waals surface area contributed by atoms with Gasteiger partial charge in [-0.05, 0) is 13.8 Å². The Labute approximate surface area is 89.3 Å². The van der Waals surface area contributed by atoms with Crippen molar-refractivity contribution in [2.75, 3.05) is 32.7 Å². The van der Waals surface area contributed by atoms with Gasteiger partial charge in [0.25, 0.3) is 6.43 Å². The summed E-state index contributed by atoms with van der Waals surface area (Å²) in [5.74, 6) is 0. The molecule has 1 heterocycles. The van der Waals surface area contributed by atoms with E-state index in [1.165, 1.54) is 0 Å². The molecule has 0 spiro atoms. The maximum Gasteiger partial charge on any atom is 0.251 e. The van der Waals surface area contributed by atoms with E-state index in [2.05, 4.69) is 6.07 Å². The molecule has 86 valence electrons. The zero-order valence-corrected chi connectivity index (χ0v) is 9.21. The molecule has 0 bridgehead atoms. The second kappa shape index (κ2) is 4.86. The van der Waals surface area contributed by atoms with Crippen LogP contribution in [-0.4, -0.2) is 54.5 Å². The summed E-state index contributed by atoms with van der Waals surface area (Å²) in [7, 11) is 0. The Bertz CT molecular complexity index is 240. The first-order chi connectivity index (χ1) is 6.95. The second-order valence-electron chi connectivity index (χ2n) is 4.35. The molecule has 1 fully saturated rings. The van der Waals surface area contributed by atoms with Gasteiger partial charge in [0, 0.05) is 26.2 Å². The first-order valence-corrected chi connectivity index (χ1v) is 5.12. The van der Waals surface area contributed by atoms with E-state index in [0.29, 0.717) is 26.2 Å². The first-order valence-electron chi connectivity index (χ1n) is 5.12. The molecule has 0 radical (unpaired) electrons. The summed E-state index contributed by atoms with van der Waals surface area (Å²) in [6, 6.07) is 2.23. The molecule has 1 saturated heterocycles. The minimum absolute atomic E-state index is 0.152. The summed E-state index contributed by atoms with van der Waals surface area (Å²) in [5.41, 5.74) is -0.489. The average Bonchev–Trinajstić information content (AvgIpc) is 2.18. The van der Waals surface area contributed by atoms with E-state index in [9.17, 15) is 8.78 Å². The molecule has 3 nitrogen and oxygen atoms in total. The highest BCUT2D eigenvalue weighted by molar-refractivity contribution is 5.02. The first kappa shape index (κ1) is 12.3. The van der Waals surface area contributed by atoms with Gasteiger partial charge in [0.1, 0.15) is 5.54 Å². The molecule has 0 amide bonds. The Morgan fingerprint density at radius 3 is 2.20 bits per heavy atom. The molecule has 0 aromatic rings. The molecular weight excluding hydrogens is 200 g/mol. The summed E-state index contributed by atoms with van der Waals surface area (Å²) in [6.07, 6.45) is -2.26. The Balaban J connectivity index is 2.40. The minimum atomic E-state index is -2.26. The average molecular weight is 217 g/mol. The van der Waals surface area contributed by atoms with Gasteiger partial charge < -0.3 is 0 Å². The Hall–Kier alpha value is -0.730. The van der Waals surface area contributed by atoms with E-state index in [1.54, 1.807) is 4.90 Å². The van der Waals surface area contributed by atoms with Gasteiger partial charge in [0.15, 0.2) is 0 Å². The quantitative estimate of drug-likeness (QED) is 0.711. The molecule has 0 atom stereocenters. The molecular formula is C10H17F2N3. The lowest BCUT2D eigenvalue weighted by molar-refractivity contribution is 0.0362. The van der Waals surface area contributed by atoms with Crippen LogP contribution >= 0.6 is 0 Å². The van der Waals surface area contributed by atoms with Crippen LogP contribution in [0.3, 0.4) is 0 Å². The fourth-order valence-corrected chi connectivity index (χ4v) is 1.76. The Kier molecular flexibility index (Phi) is 4.00. The van der Waals surface area contributed by atoms with E-state index < -0.39 is 12.0 Å². The lowest BCUT2D eigenvalue weighted by Crippen LogP contribution is -2.54. The van der Waals surface area contributed by atoms with Crippen molar-refractivity contribution in [3.8, 4) is 6.07 Å². The maximum atomic E-state index is 12.1. The number of rotatable bonds is 3. The minimum Gasteiger partial charge on any atom is -0.295 e. The predicted octanol–water partition coefficient (Wildman–Crippen LogP) is 1.17. The van der Waals surface area contributed by atoms with Crippen molar-refractivity contribution < 1.29 is 8.78 Å². The van der Waals surface area contributed by atoms with Gasteiger partial charge in [-0.15, -0.1) is 0 Å². The fourth-order valence-electron chi connectivity index (χ4n) is 1.76. The maximum absolute atomic E-state index is 12.1. The predicted molar refractivity (Wildman–Crippen MR) is 53.7 cm³/mol. The Morgan fingerprint density at radius 2 is 1.80 bits per heavy atom. The third-order valence-electron chi connectivity index (χ3n) is 2.83. The van der Waals surface area contributed by atoms with E-state index in [-0.39, 0.29) is 6.54 Å². The summed E-state index contributed by atoms with van der Waals surface area (Å²) in [6.45, 7) is 6.18. The van der Waals surface area contributed by atoms with Crippen LogP contribution in [0, 0.1) is 11.3 Å². The van der Waals surface area contributed by atoms with Crippen LogP contribution in [0.2, 0.25) is 0 Å². The number of halogens is 2. The van der Waals surface area contributed by atoms with Crippen LogP contribution in [0.4, 0.5) is 8.78 Å². The standard InChI is InChI=1S/C10H17F2N3/c1-10(2,8-13)15-5-3-14(4-6-15)7-9(11)12/h9H,3-7H2,1-2H3. The smallest absolute Gasteiger partial charge is 0.251 e. The van der Waals surface area contributed by atoms with Gasteiger partial charge in [-0.2, -0.15) is 5.26 Å². The third kappa shape index (κ3) is 3.40. The van der Waals surface area contributed by atoms with Gasteiger partial charge in [0.2, 0.25) is 0 Å². The SMILES string of the molecule is CC(C)(C#N)N1CCN(CC(F)F)CC1. The van der Waals surface area contributed by atoms with Crippen LogP contribution in [0.1, 0.15) is 13.8 Å². The highest BCUT2D eigenvalue weighted by Crippen LogP contribution is 2.16. The van der Waals surface area contributed by atoms with Gasteiger partial charge in [0.05, 0.1) is 12.6 Å². The number of hydrogen-bond donors (Lipinski definition) is 0. The molecule has 1 rings (SSSR count). The Morgan fingerprint density at radius 1 is 1.27 bits per heavy atom. The molecule has 0 saturated carbocycles. The molecule has 1 aliphatic heterocycles. The van der Waals surface area contributed by atoms with Gasteiger partial charge >= 0.3 is 0 Å². The fraction of sp³-hybridized carbons (Fsp3) is 0.900. The van der Waals surface area contributed by atoms with E-state index in [4.69, 9.17) is 5.26 Å². The largest absolute Gasteiger partial charge is 0.295 e. The molecule has 0 aromatic heterocycles. The topological polar surface area (TPSA) is 30.3 Å². The van der Waals surface area contributed by atoms with Crippen LogP contribution in [-0.2, 0) is 0 Å². The summed E-state index contributed by atoms with van der Waals surface area (Å²) in [5, 5.41) is 8.93. The molecule has 0 unspecified atom stereocenters. The molecule has 0 aromatic carbocycles. The number of hydrogen-bond acceptors (Lipinski definition) is 3. The highest BCUT2D eigenvalue weighted by Gasteiger charge is 2.30. The molecule has 5 heteroatoms. The summed E-state index contributed by atoms with van der Waals surface area (Å²) in [4.78, 5) is 3.78.